The standard InChI is InChI=1S/C15H25NO3/c1-4-18-10-12(2)11-19-13(3)8-9-15(16-17)14-6-5-7-14/h12H,3-11H2,1-2H3. The van der Waals surface area contributed by atoms with Crippen molar-refractivity contribution < 1.29 is 9.47 Å². The molecule has 0 bridgehead atoms. The molecular weight excluding hydrogens is 242 g/mol. The molecule has 1 atom stereocenters. The van der Waals surface area contributed by atoms with Crippen LogP contribution in [0.4, 0.5) is 0 Å². The maximum atomic E-state index is 10.7. The topological polar surface area (TPSA) is 47.9 Å². The molecule has 0 aromatic rings. The van der Waals surface area contributed by atoms with Gasteiger partial charge in [-0.3, -0.25) is 0 Å². The fraction of sp³-hybridized carbons (Fsp3) is 0.733. The maximum absolute atomic E-state index is 10.7. The van der Waals surface area contributed by atoms with Crippen LogP contribution in [0.3, 0.4) is 0 Å². The van der Waals surface area contributed by atoms with Gasteiger partial charge in [0.15, 0.2) is 0 Å². The molecule has 1 unspecified atom stereocenters. The van der Waals surface area contributed by atoms with Crippen LogP contribution in [0.15, 0.2) is 28.8 Å². The van der Waals surface area contributed by atoms with Crippen LogP contribution in [0.5, 0.6) is 0 Å². The van der Waals surface area contributed by atoms with E-state index in [9.17, 15) is 4.91 Å². The van der Waals surface area contributed by atoms with E-state index in [0.29, 0.717) is 37.7 Å². The summed E-state index contributed by atoms with van der Waals surface area (Å²) in [6, 6.07) is 0. The third-order valence-electron chi connectivity index (χ3n) is 3.29. The lowest BCUT2D eigenvalue weighted by molar-refractivity contribution is 0.0739. The molecule has 0 aromatic heterocycles. The van der Waals surface area contributed by atoms with E-state index in [-0.39, 0.29) is 0 Å². The van der Waals surface area contributed by atoms with Gasteiger partial charge in [-0.15, -0.1) is 4.91 Å². The molecule has 1 aliphatic rings. The molecule has 4 nitrogen and oxygen atoms in total. The van der Waals surface area contributed by atoms with E-state index in [4.69, 9.17) is 9.47 Å². The van der Waals surface area contributed by atoms with E-state index in [1.165, 1.54) is 12.0 Å². The zero-order valence-electron chi connectivity index (χ0n) is 12.1. The van der Waals surface area contributed by atoms with Crippen molar-refractivity contribution in [1.29, 1.82) is 0 Å². The number of ether oxygens (including phenoxy) is 2. The molecule has 108 valence electrons. The van der Waals surface area contributed by atoms with Gasteiger partial charge in [0.25, 0.3) is 0 Å². The summed E-state index contributed by atoms with van der Waals surface area (Å²) in [5.74, 6) is 1.08. The first-order valence-corrected chi connectivity index (χ1v) is 7.10. The quantitative estimate of drug-likeness (QED) is 0.441. The molecule has 4 heteroatoms. The van der Waals surface area contributed by atoms with E-state index in [1.807, 2.05) is 6.92 Å². The highest BCUT2D eigenvalue weighted by molar-refractivity contribution is 5.19. The van der Waals surface area contributed by atoms with E-state index >= 15 is 0 Å². The van der Waals surface area contributed by atoms with Crippen molar-refractivity contribution in [3.63, 3.8) is 0 Å². The van der Waals surface area contributed by atoms with Crippen molar-refractivity contribution in [2.45, 2.75) is 46.0 Å². The Hall–Kier alpha value is -1.16. The molecule has 0 spiro atoms. The van der Waals surface area contributed by atoms with Crippen LogP contribution in [0, 0.1) is 10.8 Å². The van der Waals surface area contributed by atoms with Crippen LogP contribution >= 0.6 is 0 Å². The summed E-state index contributed by atoms with van der Waals surface area (Å²) in [5.41, 5.74) is 1.92. The van der Waals surface area contributed by atoms with E-state index < -0.39 is 0 Å². The lowest BCUT2D eigenvalue weighted by atomic mass is 9.89. The van der Waals surface area contributed by atoms with Crippen LogP contribution in [-0.2, 0) is 9.47 Å². The molecule has 0 N–H and O–H groups in total. The average Bonchev–Trinajstić information content (AvgIpc) is 2.36. The summed E-state index contributed by atoms with van der Waals surface area (Å²) in [6.45, 7) is 9.99. The Bertz CT molecular complexity index is 330. The molecule has 0 saturated heterocycles. The minimum absolute atomic E-state index is 0.352. The van der Waals surface area contributed by atoms with E-state index in [0.717, 1.165) is 25.2 Å². The number of nitrogens with zero attached hydrogens (tertiary/aromatic N) is 1. The van der Waals surface area contributed by atoms with Crippen LogP contribution in [0.25, 0.3) is 0 Å². The highest BCUT2D eigenvalue weighted by Crippen LogP contribution is 2.31. The molecule has 1 rings (SSSR count). The van der Waals surface area contributed by atoms with Crippen molar-refractivity contribution in [3.8, 4) is 0 Å². The number of rotatable bonds is 10. The van der Waals surface area contributed by atoms with Gasteiger partial charge < -0.3 is 9.47 Å². The largest absolute Gasteiger partial charge is 0.498 e. The number of nitroso groups, excluding NO2 is 1. The first-order chi connectivity index (χ1) is 9.17. The third-order valence-corrected chi connectivity index (χ3v) is 3.29. The molecule has 0 aromatic carbocycles. The van der Waals surface area contributed by atoms with Crippen molar-refractivity contribution in [2.75, 3.05) is 19.8 Å². The van der Waals surface area contributed by atoms with E-state index in [1.54, 1.807) is 0 Å². The SMILES string of the molecule is C=C(CCC(N=O)=C1CCC1)OCC(C)COCC. The zero-order chi connectivity index (χ0) is 14.1. The predicted octanol–water partition coefficient (Wildman–Crippen LogP) is 4.17. The number of hydrogen-bond donors (Lipinski definition) is 0. The highest BCUT2D eigenvalue weighted by Gasteiger charge is 2.15. The van der Waals surface area contributed by atoms with Gasteiger partial charge in [0.05, 0.1) is 24.7 Å². The Morgan fingerprint density at radius 3 is 2.63 bits per heavy atom. The summed E-state index contributed by atoms with van der Waals surface area (Å²) in [5, 5.41) is 3.13. The van der Waals surface area contributed by atoms with Gasteiger partial charge in [-0.2, -0.15) is 0 Å². The smallest absolute Gasteiger partial charge is 0.0924 e. The van der Waals surface area contributed by atoms with Crippen molar-refractivity contribution in [1.82, 2.24) is 0 Å². The fourth-order valence-corrected chi connectivity index (χ4v) is 1.89. The minimum atomic E-state index is 0.352. The third kappa shape index (κ3) is 6.01. The monoisotopic (exact) mass is 267 g/mol. The lowest BCUT2D eigenvalue weighted by Crippen LogP contribution is -2.12. The van der Waals surface area contributed by atoms with Gasteiger partial charge >= 0.3 is 0 Å². The molecule has 19 heavy (non-hydrogen) atoms. The molecule has 0 radical (unpaired) electrons. The molecule has 1 fully saturated rings. The van der Waals surface area contributed by atoms with Gasteiger partial charge in [-0.25, -0.2) is 0 Å². The maximum Gasteiger partial charge on any atom is 0.0924 e. The molecule has 0 amide bonds. The molecule has 1 aliphatic carbocycles. The molecular formula is C15H25NO3. The predicted molar refractivity (Wildman–Crippen MR) is 76.7 cm³/mol. The van der Waals surface area contributed by atoms with Gasteiger partial charge in [0, 0.05) is 25.4 Å². The van der Waals surface area contributed by atoms with Crippen LogP contribution in [0.2, 0.25) is 0 Å². The molecule has 1 saturated carbocycles. The first-order valence-electron chi connectivity index (χ1n) is 7.10. The van der Waals surface area contributed by atoms with Crippen LogP contribution in [-0.4, -0.2) is 19.8 Å². The Balaban J connectivity index is 2.18. The Kier molecular flexibility index (Phi) is 7.41. The summed E-state index contributed by atoms with van der Waals surface area (Å²) in [6.07, 6.45) is 4.56. The average molecular weight is 267 g/mol. The summed E-state index contributed by atoms with van der Waals surface area (Å²) >= 11 is 0. The normalized spacial score (nSPS) is 15.6. The number of allylic oxidation sites excluding steroid dienone is 3. The Labute approximate surface area is 115 Å². The number of hydrogen-bond acceptors (Lipinski definition) is 4. The van der Waals surface area contributed by atoms with E-state index in [2.05, 4.69) is 18.7 Å². The minimum Gasteiger partial charge on any atom is -0.498 e. The van der Waals surface area contributed by atoms with Crippen LogP contribution < -0.4 is 0 Å². The zero-order valence-corrected chi connectivity index (χ0v) is 12.1. The van der Waals surface area contributed by atoms with Crippen molar-refractivity contribution in [3.05, 3.63) is 28.5 Å². The van der Waals surface area contributed by atoms with Gasteiger partial charge in [-0.05, 0) is 36.9 Å². The first kappa shape index (κ1) is 15.9. The van der Waals surface area contributed by atoms with Gasteiger partial charge in [0.2, 0.25) is 0 Å². The lowest BCUT2D eigenvalue weighted by Gasteiger charge is -2.19. The van der Waals surface area contributed by atoms with Crippen LogP contribution in [0.1, 0.15) is 46.0 Å². The second-order valence-corrected chi connectivity index (χ2v) is 5.11. The second-order valence-electron chi connectivity index (χ2n) is 5.11. The summed E-state index contributed by atoms with van der Waals surface area (Å²) in [4.78, 5) is 10.7. The Morgan fingerprint density at radius 1 is 1.37 bits per heavy atom. The molecule has 0 aliphatic heterocycles. The second kappa shape index (κ2) is 8.86. The van der Waals surface area contributed by atoms with Crippen molar-refractivity contribution in [2.24, 2.45) is 11.1 Å². The summed E-state index contributed by atoms with van der Waals surface area (Å²) in [7, 11) is 0. The fourth-order valence-electron chi connectivity index (χ4n) is 1.89. The summed E-state index contributed by atoms with van der Waals surface area (Å²) < 4.78 is 10.9. The van der Waals surface area contributed by atoms with Gasteiger partial charge in [0.1, 0.15) is 0 Å². The molecule has 0 heterocycles. The van der Waals surface area contributed by atoms with Crippen molar-refractivity contribution >= 4 is 0 Å². The van der Waals surface area contributed by atoms with Gasteiger partial charge in [-0.1, -0.05) is 13.5 Å². The highest BCUT2D eigenvalue weighted by atomic mass is 16.5. The Morgan fingerprint density at radius 2 is 2.11 bits per heavy atom.